The number of nitrogens with two attached hydrogens (primary N) is 1. The second kappa shape index (κ2) is 5.91. The van der Waals surface area contributed by atoms with Gasteiger partial charge in [0.2, 0.25) is 0 Å². The van der Waals surface area contributed by atoms with Crippen molar-refractivity contribution in [2.45, 2.75) is 26.9 Å². The molecule has 0 spiro atoms. The summed E-state index contributed by atoms with van der Waals surface area (Å²) in [6, 6.07) is 3.36. The van der Waals surface area contributed by atoms with E-state index in [4.69, 9.17) is 15.2 Å². The maximum Gasteiger partial charge on any atom is 0.341 e. The van der Waals surface area contributed by atoms with Gasteiger partial charge in [-0.15, -0.1) is 0 Å². The minimum absolute atomic E-state index is 0.0185. The zero-order valence-electron chi connectivity index (χ0n) is 10.1. The van der Waals surface area contributed by atoms with Crippen molar-refractivity contribution in [2.75, 3.05) is 12.3 Å². The van der Waals surface area contributed by atoms with Crippen molar-refractivity contribution < 1.29 is 14.3 Å². The zero-order chi connectivity index (χ0) is 13.0. The molecular formula is C12H16BrNO3. The van der Waals surface area contributed by atoms with Crippen LogP contribution < -0.4 is 10.5 Å². The van der Waals surface area contributed by atoms with Crippen LogP contribution >= 0.6 is 15.9 Å². The lowest BCUT2D eigenvalue weighted by atomic mass is 10.1. The van der Waals surface area contributed by atoms with Gasteiger partial charge in [0.25, 0.3) is 0 Å². The van der Waals surface area contributed by atoms with Gasteiger partial charge in [-0.3, -0.25) is 0 Å². The smallest absolute Gasteiger partial charge is 0.341 e. The van der Waals surface area contributed by atoms with Crippen molar-refractivity contribution in [1.82, 2.24) is 0 Å². The molecule has 4 nitrogen and oxygen atoms in total. The third kappa shape index (κ3) is 3.36. The van der Waals surface area contributed by atoms with E-state index in [0.717, 1.165) is 0 Å². The highest BCUT2D eigenvalue weighted by atomic mass is 79.9. The van der Waals surface area contributed by atoms with Crippen LogP contribution in [0.3, 0.4) is 0 Å². The minimum atomic E-state index is -0.453. The summed E-state index contributed by atoms with van der Waals surface area (Å²) in [5.41, 5.74) is 6.44. The number of ether oxygens (including phenoxy) is 2. The first kappa shape index (κ1) is 13.8. The van der Waals surface area contributed by atoms with Crippen LogP contribution in [0.4, 0.5) is 5.69 Å². The molecule has 1 aromatic rings. The molecule has 0 heterocycles. The lowest BCUT2D eigenvalue weighted by Crippen LogP contribution is -2.12. The van der Waals surface area contributed by atoms with Crippen LogP contribution in [-0.2, 0) is 4.74 Å². The molecule has 1 rings (SSSR count). The lowest BCUT2D eigenvalue weighted by Gasteiger charge is -2.15. The summed E-state index contributed by atoms with van der Waals surface area (Å²) >= 11 is 3.33. The van der Waals surface area contributed by atoms with Crippen LogP contribution in [0.5, 0.6) is 5.75 Å². The van der Waals surface area contributed by atoms with Gasteiger partial charge >= 0.3 is 5.97 Å². The molecule has 0 radical (unpaired) electrons. The average Bonchev–Trinajstić information content (AvgIpc) is 2.22. The Balaban J connectivity index is 3.15. The molecule has 0 saturated heterocycles. The Morgan fingerprint density at radius 2 is 2.12 bits per heavy atom. The van der Waals surface area contributed by atoms with Crippen LogP contribution in [0, 0.1) is 0 Å². The highest BCUT2D eigenvalue weighted by Crippen LogP contribution is 2.33. The maximum absolute atomic E-state index is 11.7. The normalized spacial score (nSPS) is 10.4. The predicted molar refractivity (Wildman–Crippen MR) is 70.3 cm³/mol. The third-order valence-corrected chi connectivity index (χ3v) is 2.77. The van der Waals surface area contributed by atoms with Crippen molar-refractivity contribution in [3.8, 4) is 5.75 Å². The second-order valence-electron chi connectivity index (χ2n) is 3.73. The highest BCUT2D eigenvalue weighted by molar-refractivity contribution is 9.10. The third-order valence-electron chi connectivity index (χ3n) is 1.98. The molecule has 0 aliphatic heterocycles. The van der Waals surface area contributed by atoms with Gasteiger partial charge in [0.05, 0.1) is 17.2 Å². The van der Waals surface area contributed by atoms with Gasteiger partial charge in [-0.1, -0.05) is 0 Å². The highest BCUT2D eigenvalue weighted by Gasteiger charge is 2.19. The van der Waals surface area contributed by atoms with Gasteiger partial charge in [-0.25, -0.2) is 4.79 Å². The summed E-state index contributed by atoms with van der Waals surface area (Å²) in [7, 11) is 0. The Morgan fingerprint density at radius 3 is 2.65 bits per heavy atom. The Hall–Kier alpha value is -1.23. The van der Waals surface area contributed by atoms with Gasteiger partial charge in [-0.2, -0.15) is 0 Å². The average molecular weight is 302 g/mol. The van der Waals surface area contributed by atoms with Crippen LogP contribution in [0.2, 0.25) is 0 Å². The Kier molecular flexibility index (Phi) is 4.81. The van der Waals surface area contributed by atoms with Crippen LogP contribution in [0.1, 0.15) is 31.1 Å². The van der Waals surface area contributed by atoms with Crippen molar-refractivity contribution in [2.24, 2.45) is 0 Å². The van der Waals surface area contributed by atoms with E-state index in [1.807, 2.05) is 13.8 Å². The van der Waals surface area contributed by atoms with Crippen molar-refractivity contribution in [1.29, 1.82) is 0 Å². The number of benzene rings is 1. The quantitative estimate of drug-likeness (QED) is 0.686. The minimum Gasteiger partial charge on any atom is -0.490 e. The molecule has 0 saturated carbocycles. The summed E-state index contributed by atoms with van der Waals surface area (Å²) in [4.78, 5) is 11.7. The number of carbonyl (C=O) groups is 1. The predicted octanol–water partition coefficient (Wildman–Crippen LogP) is 3.00. The van der Waals surface area contributed by atoms with Crippen molar-refractivity contribution >= 4 is 27.6 Å². The topological polar surface area (TPSA) is 61.5 Å². The number of rotatable bonds is 4. The summed E-state index contributed by atoms with van der Waals surface area (Å²) in [6.45, 7) is 5.87. The lowest BCUT2D eigenvalue weighted by molar-refractivity contribution is 0.0525. The first-order valence-corrected chi connectivity index (χ1v) is 6.18. The number of halogens is 1. The van der Waals surface area contributed by atoms with Crippen LogP contribution in [0.25, 0.3) is 0 Å². The van der Waals surface area contributed by atoms with Gasteiger partial charge in [0.15, 0.2) is 0 Å². The van der Waals surface area contributed by atoms with E-state index in [-0.39, 0.29) is 6.10 Å². The number of anilines is 1. The van der Waals surface area contributed by atoms with E-state index in [0.29, 0.717) is 28.1 Å². The molecule has 5 heteroatoms. The first-order chi connectivity index (χ1) is 7.97. The standard InChI is InChI=1S/C12H16BrNO3/c1-4-16-12(15)10-8(14)5-6-9(11(10)13)17-7(2)3/h5-7H,4,14H2,1-3H3. The molecule has 0 aliphatic rings. The van der Waals surface area contributed by atoms with Gasteiger partial charge < -0.3 is 15.2 Å². The molecular weight excluding hydrogens is 286 g/mol. The number of esters is 1. The van der Waals surface area contributed by atoms with Crippen molar-refractivity contribution in [3.05, 3.63) is 22.2 Å². The van der Waals surface area contributed by atoms with E-state index in [1.54, 1.807) is 19.1 Å². The summed E-state index contributed by atoms with van der Waals surface area (Å²) in [5.74, 6) is 0.128. The summed E-state index contributed by atoms with van der Waals surface area (Å²) < 4.78 is 11.0. The van der Waals surface area contributed by atoms with Crippen molar-refractivity contribution in [3.63, 3.8) is 0 Å². The monoisotopic (exact) mass is 301 g/mol. The molecule has 0 bridgehead atoms. The summed E-state index contributed by atoms with van der Waals surface area (Å²) in [5, 5.41) is 0. The van der Waals surface area contributed by atoms with Gasteiger partial charge in [0.1, 0.15) is 11.3 Å². The van der Waals surface area contributed by atoms with Crippen LogP contribution in [0.15, 0.2) is 16.6 Å². The maximum atomic E-state index is 11.7. The van der Waals surface area contributed by atoms with E-state index in [2.05, 4.69) is 15.9 Å². The molecule has 0 aliphatic carbocycles. The molecule has 0 unspecified atom stereocenters. The van der Waals surface area contributed by atoms with E-state index in [9.17, 15) is 4.79 Å². The Labute approximate surface area is 109 Å². The van der Waals surface area contributed by atoms with Crippen LogP contribution in [-0.4, -0.2) is 18.7 Å². The largest absolute Gasteiger partial charge is 0.490 e. The molecule has 0 aromatic heterocycles. The van der Waals surface area contributed by atoms with E-state index in [1.165, 1.54) is 0 Å². The van der Waals surface area contributed by atoms with Gasteiger partial charge in [-0.05, 0) is 48.8 Å². The fourth-order valence-corrected chi connectivity index (χ4v) is 1.94. The molecule has 2 N–H and O–H groups in total. The SMILES string of the molecule is CCOC(=O)c1c(N)ccc(OC(C)C)c1Br. The molecule has 0 amide bonds. The fourth-order valence-electron chi connectivity index (χ4n) is 1.33. The number of nitrogen functional groups attached to an aromatic ring is 1. The summed E-state index contributed by atoms with van der Waals surface area (Å²) in [6.07, 6.45) is 0.0185. The molecule has 0 atom stereocenters. The second-order valence-corrected chi connectivity index (χ2v) is 4.52. The fraction of sp³-hybridized carbons (Fsp3) is 0.417. The number of hydrogen-bond acceptors (Lipinski definition) is 4. The number of carbonyl (C=O) groups excluding carboxylic acids is 1. The van der Waals surface area contributed by atoms with E-state index < -0.39 is 5.97 Å². The first-order valence-electron chi connectivity index (χ1n) is 5.39. The molecule has 0 fully saturated rings. The molecule has 17 heavy (non-hydrogen) atoms. The zero-order valence-corrected chi connectivity index (χ0v) is 11.7. The Bertz CT molecular complexity index is 418. The molecule has 1 aromatic carbocycles. The van der Waals surface area contributed by atoms with Gasteiger partial charge in [0, 0.05) is 5.69 Å². The van der Waals surface area contributed by atoms with E-state index >= 15 is 0 Å². The molecule has 94 valence electrons. The number of hydrogen-bond donors (Lipinski definition) is 1. The Morgan fingerprint density at radius 1 is 1.47 bits per heavy atom.